The zero-order valence-corrected chi connectivity index (χ0v) is 18.4. The number of aromatic nitrogens is 2. The number of pyridine rings is 1. The first-order valence-corrected chi connectivity index (χ1v) is 11.1. The Hall–Kier alpha value is -2.03. The van der Waals surface area contributed by atoms with Gasteiger partial charge in [-0.2, -0.15) is 0 Å². The minimum absolute atomic E-state index is 0.106. The number of piperazine rings is 1. The minimum atomic E-state index is -0.750. The zero-order valence-electron chi connectivity index (χ0n) is 17.6. The Kier molecular flexibility index (Phi) is 6.87. The van der Waals surface area contributed by atoms with Gasteiger partial charge in [0, 0.05) is 55.1 Å². The molecule has 0 saturated carbocycles. The third-order valence-electron chi connectivity index (χ3n) is 5.28. The van der Waals surface area contributed by atoms with Crippen molar-refractivity contribution in [2.45, 2.75) is 58.2 Å². The number of nitrogens with one attached hydrogen (secondary N) is 1. The van der Waals surface area contributed by atoms with Crippen molar-refractivity contribution in [1.29, 1.82) is 0 Å². The normalized spacial score (nSPS) is 20.7. The molecule has 2 amide bonds. The summed E-state index contributed by atoms with van der Waals surface area (Å²) in [5.41, 5.74) is 0.994. The van der Waals surface area contributed by atoms with E-state index in [4.69, 9.17) is 0 Å². The van der Waals surface area contributed by atoms with E-state index in [1.54, 1.807) is 12.4 Å². The smallest absolute Gasteiger partial charge is 0.323 e. The molecule has 2 atom stereocenters. The second kappa shape index (κ2) is 9.19. The van der Waals surface area contributed by atoms with Crippen LogP contribution in [0.4, 0.5) is 9.93 Å². The molecule has 0 unspecified atom stereocenters. The number of aliphatic hydroxyl groups is 1. The van der Waals surface area contributed by atoms with Gasteiger partial charge in [-0.05, 0) is 38.8 Å². The molecule has 7 nitrogen and oxygen atoms in total. The number of nitrogens with zero attached hydrogens (tertiary/aromatic N) is 4. The Balaban J connectivity index is 1.69. The maximum Gasteiger partial charge on any atom is 0.323 e. The molecule has 0 spiro atoms. The van der Waals surface area contributed by atoms with E-state index < -0.39 is 5.60 Å². The van der Waals surface area contributed by atoms with Crippen LogP contribution in [0.3, 0.4) is 0 Å². The average Bonchev–Trinajstić information content (AvgIpc) is 3.15. The van der Waals surface area contributed by atoms with Crippen LogP contribution in [0.5, 0.6) is 0 Å². The molecular weight excluding hydrogens is 386 g/mol. The van der Waals surface area contributed by atoms with Crippen LogP contribution in [0, 0.1) is 0 Å². The van der Waals surface area contributed by atoms with Crippen molar-refractivity contribution < 1.29 is 9.90 Å². The molecule has 3 rings (SSSR count). The highest BCUT2D eigenvalue weighted by Gasteiger charge is 2.36. The van der Waals surface area contributed by atoms with Crippen molar-refractivity contribution in [2.24, 2.45) is 0 Å². The largest absolute Gasteiger partial charge is 0.389 e. The summed E-state index contributed by atoms with van der Waals surface area (Å²) in [5.74, 6) is 0. The first-order valence-electron chi connectivity index (χ1n) is 10.2. The maximum absolute atomic E-state index is 13.0. The number of anilines is 1. The number of β-amino-alcohol motifs (C(OH)–C–C–N with tert-alkyl or cyclic N) is 1. The Morgan fingerprint density at radius 2 is 2.07 bits per heavy atom. The predicted octanol–water partition coefficient (Wildman–Crippen LogP) is 3.68. The summed E-state index contributed by atoms with van der Waals surface area (Å²) >= 11 is 1.42. The van der Waals surface area contributed by atoms with Crippen LogP contribution in [-0.2, 0) is 0 Å². The van der Waals surface area contributed by atoms with E-state index in [1.807, 2.05) is 36.3 Å². The van der Waals surface area contributed by atoms with Crippen LogP contribution >= 0.6 is 11.3 Å². The third-order valence-corrected chi connectivity index (χ3v) is 6.04. The molecule has 1 aliphatic rings. The molecule has 0 radical (unpaired) electrons. The third kappa shape index (κ3) is 5.52. The fourth-order valence-electron chi connectivity index (χ4n) is 3.83. The van der Waals surface area contributed by atoms with Crippen molar-refractivity contribution in [2.75, 3.05) is 25.0 Å². The molecule has 2 aromatic rings. The quantitative estimate of drug-likeness (QED) is 0.749. The molecule has 0 bridgehead atoms. The number of carbonyl (C=O) groups excluding carboxylic acids is 1. The van der Waals surface area contributed by atoms with Gasteiger partial charge >= 0.3 is 6.03 Å². The highest BCUT2D eigenvalue weighted by atomic mass is 32.1. The van der Waals surface area contributed by atoms with Crippen LogP contribution in [-0.4, -0.2) is 68.2 Å². The lowest BCUT2D eigenvalue weighted by Gasteiger charge is -2.47. The summed E-state index contributed by atoms with van der Waals surface area (Å²) in [7, 11) is 0. The number of urea groups is 1. The molecule has 158 valence electrons. The van der Waals surface area contributed by atoms with E-state index in [1.165, 1.54) is 11.3 Å². The van der Waals surface area contributed by atoms with Gasteiger partial charge in [0.2, 0.25) is 0 Å². The van der Waals surface area contributed by atoms with Crippen LogP contribution in [0.1, 0.15) is 40.5 Å². The lowest BCUT2D eigenvalue weighted by atomic mass is 10.00. The highest BCUT2D eigenvalue weighted by Crippen LogP contribution is 2.26. The van der Waals surface area contributed by atoms with Gasteiger partial charge in [-0.3, -0.25) is 15.2 Å². The van der Waals surface area contributed by atoms with Crippen LogP contribution in [0.15, 0.2) is 29.9 Å². The Morgan fingerprint density at radius 1 is 1.31 bits per heavy atom. The fraction of sp³-hybridized carbons (Fsp3) is 0.571. The molecule has 29 heavy (non-hydrogen) atoms. The number of amides is 2. The number of carbonyl (C=O) groups is 1. The number of hydrogen-bond acceptors (Lipinski definition) is 6. The van der Waals surface area contributed by atoms with Gasteiger partial charge in [0.1, 0.15) is 0 Å². The van der Waals surface area contributed by atoms with Crippen LogP contribution in [0.25, 0.3) is 11.3 Å². The Labute approximate surface area is 176 Å². The maximum atomic E-state index is 13.0. The molecule has 2 aromatic heterocycles. The Bertz CT molecular complexity index is 805. The topological polar surface area (TPSA) is 81.6 Å². The predicted molar refractivity (Wildman–Crippen MR) is 117 cm³/mol. The van der Waals surface area contributed by atoms with Crippen LogP contribution < -0.4 is 5.32 Å². The lowest BCUT2D eigenvalue weighted by Crippen LogP contribution is -2.62. The SMILES string of the molecule is CC[C@@H]1CN(C(=O)Nc2nc(-c3cccnc3)cs2)[C@H](CC)CN1CC(C)(C)O. The molecule has 2 N–H and O–H groups in total. The van der Waals surface area contributed by atoms with Crippen molar-refractivity contribution in [1.82, 2.24) is 19.8 Å². The van der Waals surface area contributed by atoms with Crippen LogP contribution in [0.2, 0.25) is 0 Å². The Morgan fingerprint density at radius 3 is 2.69 bits per heavy atom. The van der Waals surface area contributed by atoms with Gasteiger partial charge in [-0.1, -0.05) is 13.8 Å². The number of thiazole rings is 1. The van der Waals surface area contributed by atoms with Gasteiger partial charge < -0.3 is 10.0 Å². The second-order valence-corrected chi connectivity index (χ2v) is 9.09. The van der Waals surface area contributed by atoms with Crippen molar-refractivity contribution in [3.8, 4) is 11.3 Å². The first-order chi connectivity index (χ1) is 13.8. The molecule has 8 heteroatoms. The molecular formula is C21H31N5O2S. The molecule has 1 aliphatic heterocycles. The molecule has 1 saturated heterocycles. The summed E-state index contributed by atoms with van der Waals surface area (Å²) in [6.07, 6.45) is 5.29. The van der Waals surface area contributed by atoms with Gasteiger partial charge in [0.05, 0.1) is 11.3 Å². The summed E-state index contributed by atoms with van der Waals surface area (Å²) < 4.78 is 0. The highest BCUT2D eigenvalue weighted by molar-refractivity contribution is 7.14. The van der Waals surface area contributed by atoms with Crippen molar-refractivity contribution in [3.05, 3.63) is 29.9 Å². The van der Waals surface area contributed by atoms with E-state index in [0.717, 1.165) is 30.6 Å². The summed E-state index contributed by atoms with van der Waals surface area (Å²) in [5, 5.41) is 15.8. The van der Waals surface area contributed by atoms with Crippen molar-refractivity contribution >= 4 is 22.5 Å². The van der Waals surface area contributed by atoms with Gasteiger partial charge in [0.15, 0.2) is 5.13 Å². The van der Waals surface area contributed by atoms with Gasteiger partial charge in [-0.15, -0.1) is 11.3 Å². The van der Waals surface area contributed by atoms with Gasteiger partial charge in [-0.25, -0.2) is 9.78 Å². The molecule has 0 aromatic carbocycles. The molecule has 3 heterocycles. The summed E-state index contributed by atoms with van der Waals surface area (Å²) in [6.45, 7) is 9.93. The number of rotatable bonds is 6. The monoisotopic (exact) mass is 417 g/mol. The minimum Gasteiger partial charge on any atom is -0.389 e. The fourth-order valence-corrected chi connectivity index (χ4v) is 4.54. The average molecular weight is 418 g/mol. The van der Waals surface area contributed by atoms with E-state index in [-0.39, 0.29) is 18.1 Å². The molecule has 0 aliphatic carbocycles. The van der Waals surface area contributed by atoms with E-state index in [9.17, 15) is 9.90 Å². The van der Waals surface area contributed by atoms with Crippen molar-refractivity contribution in [3.63, 3.8) is 0 Å². The van der Waals surface area contributed by atoms with E-state index in [2.05, 4.69) is 34.0 Å². The zero-order chi connectivity index (χ0) is 21.0. The lowest BCUT2D eigenvalue weighted by molar-refractivity contribution is -0.0173. The summed E-state index contributed by atoms with van der Waals surface area (Å²) in [6, 6.07) is 4.06. The second-order valence-electron chi connectivity index (χ2n) is 8.23. The van der Waals surface area contributed by atoms with E-state index in [0.29, 0.717) is 18.2 Å². The van der Waals surface area contributed by atoms with Gasteiger partial charge in [0.25, 0.3) is 0 Å². The first kappa shape index (κ1) is 21.7. The van der Waals surface area contributed by atoms with E-state index >= 15 is 0 Å². The number of hydrogen-bond donors (Lipinski definition) is 2. The standard InChI is InChI=1S/C21H31N5O2S/c1-5-16-12-26(17(6-2)11-25(16)14-21(3,4)28)20(27)24-19-23-18(13-29-19)15-8-7-9-22-10-15/h7-10,13,16-17,28H,5-6,11-12,14H2,1-4H3,(H,23,24,27)/t16-,17-/m1/s1. The molecule has 1 fully saturated rings. The summed E-state index contributed by atoms with van der Waals surface area (Å²) in [4.78, 5) is 26.0.